The maximum absolute atomic E-state index is 5.97. The SMILES string of the molecule is COc1ccc(OC(CCN)c2cccs2)cc1. The molecule has 1 aromatic carbocycles. The summed E-state index contributed by atoms with van der Waals surface area (Å²) in [7, 11) is 1.65. The van der Waals surface area contributed by atoms with Crippen molar-refractivity contribution in [2.45, 2.75) is 12.5 Å². The zero-order chi connectivity index (χ0) is 12.8. The van der Waals surface area contributed by atoms with E-state index in [4.69, 9.17) is 15.2 Å². The molecule has 1 atom stereocenters. The van der Waals surface area contributed by atoms with Gasteiger partial charge in [0.25, 0.3) is 0 Å². The zero-order valence-corrected chi connectivity index (χ0v) is 11.2. The van der Waals surface area contributed by atoms with Gasteiger partial charge >= 0.3 is 0 Å². The maximum Gasteiger partial charge on any atom is 0.134 e. The van der Waals surface area contributed by atoms with E-state index >= 15 is 0 Å². The summed E-state index contributed by atoms with van der Waals surface area (Å²) in [5.74, 6) is 1.66. The molecule has 2 rings (SSSR count). The fourth-order valence-electron chi connectivity index (χ4n) is 1.70. The lowest BCUT2D eigenvalue weighted by Gasteiger charge is -2.17. The smallest absolute Gasteiger partial charge is 0.134 e. The molecule has 3 nitrogen and oxygen atoms in total. The van der Waals surface area contributed by atoms with Crippen LogP contribution in [0.1, 0.15) is 17.4 Å². The van der Waals surface area contributed by atoms with Crippen LogP contribution in [0.25, 0.3) is 0 Å². The molecular formula is C14H17NO2S. The molecule has 0 saturated carbocycles. The van der Waals surface area contributed by atoms with Gasteiger partial charge < -0.3 is 15.2 Å². The van der Waals surface area contributed by atoms with Crippen molar-refractivity contribution in [3.05, 3.63) is 46.7 Å². The van der Waals surface area contributed by atoms with Crippen LogP contribution < -0.4 is 15.2 Å². The van der Waals surface area contributed by atoms with Crippen molar-refractivity contribution >= 4 is 11.3 Å². The van der Waals surface area contributed by atoms with Gasteiger partial charge in [-0.15, -0.1) is 11.3 Å². The monoisotopic (exact) mass is 263 g/mol. The Balaban J connectivity index is 2.08. The number of hydrogen-bond acceptors (Lipinski definition) is 4. The first-order valence-electron chi connectivity index (χ1n) is 5.87. The van der Waals surface area contributed by atoms with Crippen LogP contribution in [-0.2, 0) is 0 Å². The Hall–Kier alpha value is -1.52. The second kappa shape index (κ2) is 6.42. The second-order valence-electron chi connectivity index (χ2n) is 3.87. The highest BCUT2D eigenvalue weighted by Gasteiger charge is 2.13. The first-order chi connectivity index (χ1) is 8.83. The Morgan fingerprint density at radius 3 is 2.44 bits per heavy atom. The highest BCUT2D eigenvalue weighted by molar-refractivity contribution is 7.10. The highest BCUT2D eigenvalue weighted by atomic mass is 32.1. The van der Waals surface area contributed by atoms with Crippen LogP contribution in [0.4, 0.5) is 0 Å². The maximum atomic E-state index is 5.97. The fourth-order valence-corrected chi connectivity index (χ4v) is 2.49. The number of hydrogen-bond donors (Lipinski definition) is 1. The number of thiophene rings is 1. The predicted octanol–water partition coefficient (Wildman–Crippen LogP) is 3.23. The highest BCUT2D eigenvalue weighted by Crippen LogP contribution is 2.28. The van der Waals surface area contributed by atoms with Gasteiger partial charge in [-0.1, -0.05) is 6.07 Å². The van der Waals surface area contributed by atoms with Crippen LogP contribution in [0.5, 0.6) is 11.5 Å². The van der Waals surface area contributed by atoms with Gasteiger partial charge in [-0.3, -0.25) is 0 Å². The summed E-state index contributed by atoms with van der Waals surface area (Å²) < 4.78 is 11.1. The molecule has 0 aliphatic carbocycles. The first kappa shape index (κ1) is 12.9. The van der Waals surface area contributed by atoms with Crippen LogP contribution in [0, 0.1) is 0 Å². The van der Waals surface area contributed by atoms with E-state index in [1.165, 1.54) is 4.88 Å². The van der Waals surface area contributed by atoms with Crippen molar-refractivity contribution in [1.82, 2.24) is 0 Å². The molecule has 1 heterocycles. The largest absolute Gasteiger partial charge is 0.497 e. The van der Waals surface area contributed by atoms with Crippen LogP contribution in [0.2, 0.25) is 0 Å². The summed E-state index contributed by atoms with van der Waals surface area (Å²) in [4.78, 5) is 1.20. The van der Waals surface area contributed by atoms with E-state index in [-0.39, 0.29) is 6.10 Å². The van der Waals surface area contributed by atoms with Crippen molar-refractivity contribution in [2.75, 3.05) is 13.7 Å². The number of rotatable bonds is 6. The van der Waals surface area contributed by atoms with Gasteiger partial charge in [0.15, 0.2) is 0 Å². The number of methoxy groups -OCH3 is 1. The molecule has 0 aliphatic heterocycles. The minimum absolute atomic E-state index is 0.0309. The summed E-state index contributed by atoms with van der Waals surface area (Å²) in [5.41, 5.74) is 5.64. The normalized spacial score (nSPS) is 12.1. The summed E-state index contributed by atoms with van der Waals surface area (Å²) in [6, 6.07) is 11.7. The molecule has 0 aliphatic rings. The van der Waals surface area contributed by atoms with Gasteiger partial charge in [0.05, 0.1) is 7.11 Å². The zero-order valence-electron chi connectivity index (χ0n) is 10.3. The van der Waals surface area contributed by atoms with Gasteiger partial charge in [0.1, 0.15) is 17.6 Å². The second-order valence-corrected chi connectivity index (χ2v) is 4.85. The number of benzene rings is 1. The van der Waals surface area contributed by atoms with E-state index in [2.05, 4.69) is 11.4 Å². The average molecular weight is 263 g/mol. The Labute approximate surface area is 111 Å². The van der Waals surface area contributed by atoms with Crippen LogP contribution in [-0.4, -0.2) is 13.7 Å². The topological polar surface area (TPSA) is 44.5 Å². The predicted molar refractivity (Wildman–Crippen MR) is 74.4 cm³/mol. The lowest BCUT2D eigenvalue weighted by molar-refractivity contribution is 0.201. The van der Waals surface area contributed by atoms with Gasteiger partial charge in [0.2, 0.25) is 0 Å². The minimum Gasteiger partial charge on any atom is -0.497 e. The van der Waals surface area contributed by atoms with Crippen LogP contribution in [0.15, 0.2) is 41.8 Å². The molecule has 0 bridgehead atoms. The molecular weight excluding hydrogens is 246 g/mol. The Morgan fingerprint density at radius 1 is 1.17 bits per heavy atom. The molecule has 2 aromatic rings. The molecule has 0 fully saturated rings. The minimum atomic E-state index is 0.0309. The van der Waals surface area contributed by atoms with Crippen molar-refractivity contribution in [2.24, 2.45) is 5.73 Å². The molecule has 4 heteroatoms. The standard InChI is InChI=1S/C14H17NO2S/c1-16-11-4-6-12(7-5-11)17-13(8-9-15)14-3-2-10-18-14/h2-7,10,13H,8-9,15H2,1H3. The molecule has 1 aromatic heterocycles. The average Bonchev–Trinajstić information content (AvgIpc) is 2.93. The van der Waals surface area contributed by atoms with E-state index in [0.29, 0.717) is 6.54 Å². The molecule has 2 N–H and O–H groups in total. The van der Waals surface area contributed by atoms with E-state index in [1.54, 1.807) is 18.4 Å². The van der Waals surface area contributed by atoms with Crippen molar-refractivity contribution in [1.29, 1.82) is 0 Å². The van der Waals surface area contributed by atoms with Gasteiger partial charge in [-0.05, 0) is 42.3 Å². The summed E-state index contributed by atoms with van der Waals surface area (Å²) in [6.07, 6.45) is 0.843. The quantitative estimate of drug-likeness (QED) is 0.870. The van der Waals surface area contributed by atoms with Gasteiger partial charge in [-0.25, -0.2) is 0 Å². The van der Waals surface area contributed by atoms with Crippen LogP contribution in [0.3, 0.4) is 0 Å². The van der Waals surface area contributed by atoms with E-state index in [1.807, 2.05) is 30.3 Å². The Morgan fingerprint density at radius 2 is 1.89 bits per heavy atom. The summed E-state index contributed by atoms with van der Waals surface area (Å²) >= 11 is 1.69. The lowest BCUT2D eigenvalue weighted by atomic mass is 10.2. The van der Waals surface area contributed by atoms with Crippen LogP contribution >= 0.6 is 11.3 Å². The number of ether oxygens (including phenoxy) is 2. The summed E-state index contributed by atoms with van der Waals surface area (Å²) in [6.45, 7) is 0.610. The van der Waals surface area contributed by atoms with Crippen molar-refractivity contribution in [3.63, 3.8) is 0 Å². The fraction of sp³-hybridized carbons (Fsp3) is 0.286. The molecule has 0 saturated heterocycles. The Kier molecular flexibility index (Phi) is 4.61. The molecule has 0 spiro atoms. The lowest BCUT2D eigenvalue weighted by Crippen LogP contribution is -2.12. The van der Waals surface area contributed by atoms with Gasteiger partial charge in [0, 0.05) is 11.3 Å². The summed E-state index contributed by atoms with van der Waals surface area (Å²) in [5, 5.41) is 2.05. The molecule has 0 radical (unpaired) electrons. The number of nitrogens with two attached hydrogens (primary N) is 1. The van der Waals surface area contributed by atoms with Crippen molar-refractivity contribution < 1.29 is 9.47 Å². The van der Waals surface area contributed by atoms with E-state index < -0.39 is 0 Å². The van der Waals surface area contributed by atoms with Crippen molar-refractivity contribution in [3.8, 4) is 11.5 Å². The molecule has 18 heavy (non-hydrogen) atoms. The molecule has 1 unspecified atom stereocenters. The molecule has 96 valence electrons. The third kappa shape index (κ3) is 3.24. The third-order valence-electron chi connectivity index (χ3n) is 2.63. The van der Waals surface area contributed by atoms with E-state index in [9.17, 15) is 0 Å². The first-order valence-corrected chi connectivity index (χ1v) is 6.75. The van der Waals surface area contributed by atoms with E-state index in [0.717, 1.165) is 17.9 Å². The Bertz CT molecular complexity index is 453. The third-order valence-corrected chi connectivity index (χ3v) is 3.59. The van der Waals surface area contributed by atoms with Gasteiger partial charge in [-0.2, -0.15) is 0 Å². The molecule has 0 amide bonds.